The average Bonchev–Trinajstić information content (AvgIpc) is 3.07. The molecule has 7 nitrogen and oxygen atoms in total. The van der Waals surface area contributed by atoms with Gasteiger partial charge in [0.05, 0.1) is 11.1 Å². The van der Waals surface area contributed by atoms with Crippen LogP contribution in [0.1, 0.15) is 15.9 Å². The summed E-state index contributed by atoms with van der Waals surface area (Å²) < 4.78 is 27.6. The highest BCUT2D eigenvalue weighted by Gasteiger charge is 2.17. The molecule has 1 amide bonds. The van der Waals surface area contributed by atoms with Gasteiger partial charge in [0.15, 0.2) is 0 Å². The van der Waals surface area contributed by atoms with Crippen LogP contribution in [-0.4, -0.2) is 24.5 Å². The van der Waals surface area contributed by atoms with Crippen LogP contribution in [0.5, 0.6) is 0 Å². The number of carbonyl (C=O) groups is 1. The molecule has 2 aromatic carbocycles. The molecule has 3 rings (SSSR count). The van der Waals surface area contributed by atoms with E-state index in [0.717, 1.165) is 5.56 Å². The Labute approximate surface area is 145 Å². The number of benzene rings is 2. The molecule has 0 aliphatic heterocycles. The zero-order valence-electron chi connectivity index (χ0n) is 13.4. The van der Waals surface area contributed by atoms with Crippen LogP contribution >= 0.6 is 0 Å². The molecule has 3 N–H and O–H groups in total. The minimum absolute atomic E-state index is 0.00580. The van der Waals surface area contributed by atoms with Gasteiger partial charge in [0, 0.05) is 17.3 Å². The molecule has 8 heteroatoms. The van der Waals surface area contributed by atoms with E-state index in [1.165, 1.54) is 30.5 Å². The Morgan fingerprint density at radius 1 is 1.08 bits per heavy atom. The molecule has 1 aromatic heterocycles. The lowest BCUT2D eigenvalue weighted by molar-refractivity contribution is 0.102. The molecule has 0 radical (unpaired) electrons. The predicted molar refractivity (Wildman–Crippen MR) is 95.0 cm³/mol. The number of nitrogens with zero attached hydrogens (tertiary/aromatic N) is 1. The summed E-state index contributed by atoms with van der Waals surface area (Å²) in [5, 5.41) is 8.94. The summed E-state index contributed by atoms with van der Waals surface area (Å²) >= 11 is 0. The monoisotopic (exact) mass is 356 g/mol. The largest absolute Gasteiger partial charge is 0.307 e. The quantitative estimate of drug-likeness (QED) is 0.654. The first-order valence-corrected chi connectivity index (χ1v) is 8.93. The number of aromatic amines is 1. The lowest BCUT2D eigenvalue weighted by Gasteiger charge is -2.10. The van der Waals surface area contributed by atoms with Crippen molar-refractivity contribution >= 4 is 27.4 Å². The molecule has 0 spiro atoms. The summed E-state index contributed by atoms with van der Waals surface area (Å²) in [6, 6.07) is 14.4. The van der Waals surface area contributed by atoms with E-state index in [9.17, 15) is 13.2 Å². The maximum absolute atomic E-state index is 12.5. The summed E-state index contributed by atoms with van der Waals surface area (Å²) in [6.07, 6.45) is 1.50. The molecule has 0 fully saturated rings. The van der Waals surface area contributed by atoms with E-state index in [4.69, 9.17) is 0 Å². The van der Waals surface area contributed by atoms with Gasteiger partial charge in [-0.2, -0.15) is 5.10 Å². The third-order valence-electron chi connectivity index (χ3n) is 3.43. The van der Waals surface area contributed by atoms with Crippen molar-refractivity contribution in [3.8, 4) is 0 Å². The standard InChI is InChI=1S/C17H16N4O3S/c1-12-4-2-6-14(10-12)21-25(23,24)15-7-3-5-13(11-15)17(22)19-16-8-9-18-20-16/h2-11,21H,1H3,(H2,18,19,20,22). The smallest absolute Gasteiger partial charge is 0.261 e. The second-order valence-corrected chi connectivity index (χ2v) is 7.11. The van der Waals surface area contributed by atoms with Crippen LogP contribution in [0.15, 0.2) is 65.7 Å². The zero-order valence-corrected chi connectivity index (χ0v) is 14.2. The highest BCUT2D eigenvalue weighted by molar-refractivity contribution is 7.92. The Morgan fingerprint density at radius 3 is 2.60 bits per heavy atom. The lowest BCUT2D eigenvalue weighted by atomic mass is 10.2. The van der Waals surface area contributed by atoms with E-state index in [2.05, 4.69) is 20.2 Å². The van der Waals surface area contributed by atoms with Crippen LogP contribution in [0.25, 0.3) is 0 Å². The maximum atomic E-state index is 12.5. The van der Waals surface area contributed by atoms with Gasteiger partial charge in [-0.25, -0.2) is 8.42 Å². The Morgan fingerprint density at radius 2 is 1.88 bits per heavy atom. The number of carbonyl (C=O) groups excluding carboxylic acids is 1. The second kappa shape index (κ2) is 6.78. The Kier molecular flexibility index (Phi) is 4.53. The van der Waals surface area contributed by atoms with Crippen LogP contribution in [0.4, 0.5) is 11.5 Å². The number of hydrogen-bond donors (Lipinski definition) is 3. The van der Waals surface area contributed by atoms with Crippen molar-refractivity contribution in [1.29, 1.82) is 0 Å². The van der Waals surface area contributed by atoms with Crippen LogP contribution in [0, 0.1) is 6.92 Å². The topological polar surface area (TPSA) is 104 Å². The summed E-state index contributed by atoms with van der Waals surface area (Å²) in [5.74, 6) is -0.00648. The van der Waals surface area contributed by atoms with E-state index >= 15 is 0 Å². The zero-order chi connectivity index (χ0) is 17.9. The first-order valence-electron chi connectivity index (χ1n) is 7.44. The molecular weight excluding hydrogens is 340 g/mol. The number of H-pyrrole nitrogens is 1. The van der Waals surface area contributed by atoms with Crippen LogP contribution < -0.4 is 10.0 Å². The summed E-state index contributed by atoms with van der Waals surface area (Å²) in [6.45, 7) is 1.87. The Bertz CT molecular complexity index is 998. The number of rotatable bonds is 5. The molecule has 0 aliphatic carbocycles. The molecule has 0 unspecified atom stereocenters. The molecule has 0 saturated carbocycles. The van der Waals surface area contributed by atoms with Crippen molar-refractivity contribution in [3.05, 3.63) is 71.9 Å². The molecule has 0 aliphatic rings. The SMILES string of the molecule is Cc1cccc(NS(=O)(=O)c2cccc(C(=O)Nc3ccn[nH]3)c2)c1. The fourth-order valence-electron chi connectivity index (χ4n) is 2.25. The molecule has 0 bridgehead atoms. The average molecular weight is 356 g/mol. The van der Waals surface area contributed by atoms with E-state index in [1.807, 2.05) is 13.0 Å². The molecular formula is C17H16N4O3S. The van der Waals surface area contributed by atoms with Gasteiger partial charge in [-0.1, -0.05) is 18.2 Å². The van der Waals surface area contributed by atoms with Crippen molar-refractivity contribution < 1.29 is 13.2 Å². The first kappa shape index (κ1) is 16.7. The first-order chi connectivity index (χ1) is 11.9. The molecule has 3 aromatic rings. The highest BCUT2D eigenvalue weighted by Crippen LogP contribution is 2.18. The minimum atomic E-state index is -3.80. The fraction of sp³-hybridized carbons (Fsp3) is 0.0588. The lowest BCUT2D eigenvalue weighted by Crippen LogP contribution is -2.16. The number of aryl methyl sites for hydroxylation is 1. The van der Waals surface area contributed by atoms with Crippen molar-refractivity contribution in [3.63, 3.8) is 0 Å². The summed E-state index contributed by atoms with van der Waals surface area (Å²) in [7, 11) is -3.80. The van der Waals surface area contributed by atoms with Gasteiger partial charge in [-0.3, -0.25) is 14.6 Å². The van der Waals surface area contributed by atoms with Crippen molar-refractivity contribution in [2.75, 3.05) is 10.0 Å². The van der Waals surface area contributed by atoms with Crippen LogP contribution in [0.2, 0.25) is 0 Å². The Hall–Kier alpha value is -3.13. The predicted octanol–water partition coefficient (Wildman–Crippen LogP) is 2.77. The van der Waals surface area contributed by atoms with Gasteiger partial charge in [0.25, 0.3) is 15.9 Å². The third kappa shape index (κ3) is 4.04. The minimum Gasteiger partial charge on any atom is -0.307 e. The van der Waals surface area contributed by atoms with Crippen molar-refractivity contribution in [2.24, 2.45) is 0 Å². The molecule has 1 heterocycles. The van der Waals surface area contributed by atoms with Gasteiger partial charge in [0.2, 0.25) is 0 Å². The second-order valence-electron chi connectivity index (χ2n) is 5.43. The maximum Gasteiger partial charge on any atom is 0.261 e. The summed E-state index contributed by atoms with van der Waals surface area (Å²) in [5.41, 5.74) is 1.63. The van der Waals surface area contributed by atoms with E-state index in [-0.39, 0.29) is 10.5 Å². The summed E-state index contributed by atoms with van der Waals surface area (Å²) in [4.78, 5) is 12.2. The molecule has 128 valence electrons. The van der Waals surface area contributed by atoms with Gasteiger partial charge in [-0.05, 0) is 42.8 Å². The molecule has 25 heavy (non-hydrogen) atoms. The van der Waals surface area contributed by atoms with E-state index < -0.39 is 15.9 Å². The van der Waals surface area contributed by atoms with Crippen molar-refractivity contribution in [2.45, 2.75) is 11.8 Å². The van der Waals surface area contributed by atoms with Gasteiger partial charge in [0.1, 0.15) is 5.82 Å². The number of hydrogen-bond acceptors (Lipinski definition) is 4. The van der Waals surface area contributed by atoms with Crippen LogP contribution in [-0.2, 0) is 10.0 Å². The highest BCUT2D eigenvalue weighted by atomic mass is 32.2. The van der Waals surface area contributed by atoms with Crippen molar-refractivity contribution in [1.82, 2.24) is 10.2 Å². The van der Waals surface area contributed by atoms with Gasteiger partial charge < -0.3 is 5.32 Å². The van der Waals surface area contributed by atoms with Crippen LogP contribution in [0.3, 0.4) is 0 Å². The van der Waals surface area contributed by atoms with Gasteiger partial charge >= 0.3 is 0 Å². The normalized spacial score (nSPS) is 11.1. The number of amides is 1. The third-order valence-corrected chi connectivity index (χ3v) is 4.80. The molecule has 0 atom stereocenters. The molecule has 0 saturated heterocycles. The van der Waals surface area contributed by atoms with Gasteiger partial charge in [-0.15, -0.1) is 0 Å². The fourth-order valence-corrected chi connectivity index (χ4v) is 3.34. The van der Waals surface area contributed by atoms with E-state index in [1.54, 1.807) is 24.3 Å². The number of nitrogens with one attached hydrogen (secondary N) is 3. The Balaban J connectivity index is 1.83. The van der Waals surface area contributed by atoms with E-state index in [0.29, 0.717) is 11.5 Å². The number of aromatic nitrogens is 2. The number of sulfonamides is 1. The number of anilines is 2.